The first kappa shape index (κ1) is 15.2. The van der Waals surface area contributed by atoms with Gasteiger partial charge in [-0.05, 0) is 17.9 Å². The van der Waals surface area contributed by atoms with Crippen LogP contribution in [0.2, 0.25) is 0 Å². The van der Waals surface area contributed by atoms with Crippen LogP contribution in [0.1, 0.15) is 77.2 Å². The van der Waals surface area contributed by atoms with Crippen LogP contribution in [0.15, 0.2) is 24.5 Å². The molecule has 18 heavy (non-hydrogen) atoms. The zero-order chi connectivity index (χ0) is 13.2. The van der Waals surface area contributed by atoms with E-state index in [1.807, 2.05) is 0 Å². The van der Waals surface area contributed by atoms with E-state index >= 15 is 0 Å². The van der Waals surface area contributed by atoms with Gasteiger partial charge in [0, 0.05) is 18.6 Å². The molecular weight excluding hydrogens is 218 g/mol. The van der Waals surface area contributed by atoms with E-state index in [0.29, 0.717) is 5.92 Å². The van der Waals surface area contributed by atoms with Crippen molar-refractivity contribution in [3.05, 3.63) is 30.1 Å². The van der Waals surface area contributed by atoms with Gasteiger partial charge in [-0.15, -0.1) is 0 Å². The molecule has 1 aromatic heterocycles. The van der Waals surface area contributed by atoms with Crippen molar-refractivity contribution in [2.45, 2.75) is 78.2 Å². The van der Waals surface area contributed by atoms with Crippen molar-refractivity contribution in [3.8, 4) is 0 Å². The highest BCUT2D eigenvalue weighted by Gasteiger charge is 2.03. The van der Waals surface area contributed by atoms with Gasteiger partial charge in [0.25, 0.3) is 0 Å². The summed E-state index contributed by atoms with van der Waals surface area (Å²) in [6.45, 7) is 7.94. The fraction of sp³-hybridized carbons (Fsp3) is 0.706. The van der Waals surface area contributed by atoms with E-state index in [2.05, 4.69) is 49.9 Å². The molecule has 1 heterocycles. The first-order valence-corrected chi connectivity index (χ1v) is 7.73. The lowest BCUT2D eigenvalue weighted by molar-refractivity contribution is -0.697. The van der Waals surface area contributed by atoms with Gasteiger partial charge in [0.15, 0.2) is 12.4 Å². The second kappa shape index (κ2) is 9.13. The Morgan fingerprint density at radius 2 is 1.44 bits per heavy atom. The van der Waals surface area contributed by atoms with Gasteiger partial charge in [0.2, 0.25) is 0 Å². The average molecular weight is 248 g/mol. The molecule has 0 aliphatic heterocycles. The topological polar surface area (TPSA) is 3.88 Å². The van der Waals surface area contributed by atoms with Gasteiger partial charge in [0.05, 0.1) is 0 Å². The summed E-state index contributed by atoms with van der Waals surface area (Å²) in [5, 5.41) is 0. The minimum Gasteiger partial charge on any atom is -0.205 e. The third kappa shape index (κ3) is 6.18. The fourth-order valence-corrected chi connectivity index (χ4v) is 2.25. The largest absolute Gasteiger partial charge is 0.205 e. The molecule has 0 fully saturated rings. The minimum atomic E-state index is 0.637. The van der Waals surface area contributed by atoms with Gasteiger partial charge in [0.1, 0.15) is 6.54 Å². The Bertz CT molecular complexity index is 300. The van der Waals surface area contributed by atoms with Crippen LogP contribution >= 0.6 is 0 Å². The summed E-state index contributed by atoms with van der Waals surface area (Å²) < 4.78 is 2.32. The molecule has 1 rings (SSSR count). The molecule has 1 aromatic rings. The van der Waals surface area contributed by atoms with Crippen LogP contribution in [0, 0.1) is 0 Å². The van der Waals surface area contributed by atoms with E-state index in [0.717, 1.165) is 0 Å². The lowest BCUT2D eigenvalue weighted by atomic mass is 10.1. The maximum absolute atomic E-state index is 2.32. The Morgan fingerprint density at radius 1 is 0.889 bits per heavy atom. The van der Waals surface area contributed by atoms with Crippen LogP contribution in [0.25, 0.3) is 0 Å². The quantitative estimate of drug-likeness (QED) is 0.434. The zero-order valence-corrected chi connectivity index (χ0v) is 12.5. The van der Waals surface area contributed by atoms with Crippen LogP contribution in [0.3, 0.4) is 0 Å². The molecule has 0 N–H and O–H groups in total. The highest BCUT2D eigenvalue weighted by molar-refractivity contribution is 5.11. The second-order valence-corrected chi connectivity index (χ2v) is 5.65. The van der Waals surface area contributed by atoms with Crippen LogP contribution in [-0.2, 0) is 6.54 Å². The number of hydrogen-bond acceptors (Lipinski definition) is 0. The maximum Gasteiger partial charge on any atom is 0.169 e. The first-order valence-electron chi connectivity index (χ1n) is 7.73. The fourth-order valence-electron chi connectivity index (χ4n) is 2.25. The molecule has 0 aromatic carbocycles. The Labute approximate surface area is 113 Å². The van der Waals surface area contributed by atoms with Crippen molar-refractivity contribution >= 4 is 0 Å². The van der Waals surface area contributed by atoms with Gasteiger partial charge in [-0.2, -0.15) is 0 Å². The van der Waals surface area contributed by atoms with E-state index in [4.69, 9.17) is 0 Å². The SMILES string of the molecule is CCCCCCCCC[n+]1ccc(C(C)C)cc1. The Hall–Kier alpha value is -0.850. The molecule has 102 valence electrons. The van der Waals surface area contributed by atoms with Gasteiger partial charge >= 0.3 is 0 Å². The molecule has 0 radical (unpaired) electrons. The van der Waals surface area contributed by atoms with E-state index in [1.54, 1.807) is 0 Å². The van der Waals surface area contributed by atoms with Crippen LogP contribution in [0.4, 0.5) is 0 Å². The summed E-state index contributed by atoms with van der Waals surface area (Å²) in [4.78, 5) is 0. The van der Waals surface area contributed by atoms with Crippen LogP contribution in [-0.4, -0.2) is 0 Å². The predicted octanol–water partition coefficient (Wildman–Crippen LogP) is 4.85. The zero-order valence-electron chi connectivity index (χ0n) is 12.5. The molecule has 1 heteroatoms. The van der Waals surface area contributed by atoms with E-state index in [9.17, 15) is 0 Å². The highest BCUT2D eigenvalue weighted by Crippen LogP contribution is 2.11. The van der Waals surface area contributed by atoms with E-state index < -0.39 is 0 Å². The maximum atomic E-state index is 2.32. The normalized spacial score (nSPS) is 11.1. The molecule has 0 amide bonds. The van der Waals surface area contributed by atoms with Crippen LogP contribution < -0.4 is 4.57 Å². The second-order valence-electron chi connectivity index (χ2n) is 5.65. The molecule has 0 saturated carbocycles. The summed E-state index contributed by atoms with van der Waals surface area (Å²) in [6.07, 6.45) is 14.2. The van der Waals surface area contributed by atoms with E-state index in [1.165, 1.54) is 57.1 Å². The van der Waals surface area contributed by atoms with Crippen molar-refractivity contribution in [2.75, 3.05) is 0 Å². The van der Waals surface area contributed by atoms with Crippen LogP contribution in [0.5, 0.6) is 0 Å². The standard InChI is InChI=1S/C17H30N/c1-4-5-6-7-8-9-10-13-18-14-11-17(12-15-18)16(2)3/h11-12,14-16H,4-10,13H2,1-3H3/q+1. The Balaban J connectivity index is 2.12. The van der Waals surface area contributed by atoms with Crippen molar-refractivity contribution < 1.29 is 4.57 Å². The molecule has 0 spiro atoms. The molecule has 1 nitrogen and oxygen atoms in total. The molecule has 0 saturated heterocycles. The predicted molar refractivity (Wildman–Crippen MR) is 78.7 cm³/mol. The van der Waals surface area contributed by atoms with Crippen molar-refractivity contribution in [3.63, 3.8) is 0 Å². The molecular formula is C17H30N+. The third-order valence-electron chi connectivity index (χ3n) is 3.60. The summed E-state index contributed by atoms with van der Waals surface area (Å²) in [5.74, 6) is 0.637. The number of hydrogen-bond donors (Lipinski definition) is 0. The third-order valence-corrected chi connectivity index (χ3v) is 3.60. The van der Waals surface area contributed by atoms with Gasteiger partial charge in [-0.1, -0.05) is 52.9 Å². The highest BCUT2D eigenvalue weighted by atomic mass is 14.9. The number of rotatable bonds is 9. The van der Waals surface area contributed by atoms with Gasteiger partial charge in [-0.3, -0.25) is 0 Å². The number of nitrogens with zero attached hydrogens (tertiary/aromatic N) is 1. The lowest BCUT2D eigenvalue weighted by Crippen LogP contribution is -2.32. The number of aryl methyl sites for hydroxylation is 1. The Kier molecular flexibility index (Phi) is 7.71. The monoisotopic (exact) mass is 248 g/mol. The lowest BCUT2D eigenvalue weighted by Gasteiger charge is -2.03. The van der Waals surface area contributed by atoms with Crippen molar-refractivity contribution in [2.24, 2.45) is 0 Å². The number of aromatic nitrogens is 1. The molecule has 0 aliphatic rings. The first-order chi connectivity index (χ1) is 8.74. The summed E-state index contributed by atoms with van der Waals surface area (Å²) >= 11 is 0. The van der Waals surface area contributed by atoms with Gasteiger partial charge < -0.3 is 0 Å². The van der Waals surface area contributed by atoms with Crippen molar-refractivity contribution in [1.82, 2.24) is 0 Å². The molecule has 0 bridgehead atoms. The Morgan fingerprint density at radius 3 is 2.00 bits per heavy atom. The van der Waals surface area contributed by atoms with Crippen molar-refractivity contribution in [1.29, 1.82) is 0 Å². The number of pyridine rings is 1. The molecule has 0 unspecified atom stereocenters. The molecule has 0 aliphatic carbocycles. The van der Waals surface area contributed by atoms with E-state index in [-0.39, 0.29) is 0 Å². The van der Waals surface area contributed by atoms with Gasteiger partial charge in [-0.25, -0.2) is 4.57 Å². The summed E-state index contributed by atoms with van der Waals surface area (Å²) in [6, 6.07) is 4.51. The summed E-state index contributed by atoms with van der Waals surface area (Å²) in [7, 11) is 0. The minimum absolute atomic E-state index is 0.637. The molecule has 0 atom stereocenters. The average Bonchev–Trinajstić information content (AvgIpc) is 2.38. The number of unbranched alkanes of at least 4 members (excludes halogenated alkanes) is 6. The summed E-state index contributed by atoms with van der Waals surface area (Å²) in [5.41, 5.74) is 1.44. The smallest absolute Gasteiger partial charge is 0.169 e.